The first-order valence-electron chi connectivity index (χ1n) is 11.3. The minimum absolute atomic E-state index is 0.308. The molecule has 1 unspecified atom stereocenters. The van der Waals surface area contributed by atoms with Crippen LogP contribution in [-0.2, 0) is 0 Å². The van der Waals surface area contributed by atoms with Gasteiger partial charge >= 0.3 is 0 Å². The van der Waals surface area contributed by atoms with Crippen molar-refractivity contribution in [2.75, 3.05) is 20.1 Å². The van der Waals surface area contributed by atoms with E-state index in [9.17, 15) is 4.39 Å². The molecule has 172 valence electrons. The Labute approximate surface area is 207 Å². The minimum atomic E-state index is -0.407. The van der Waals surface area contributed by atoms with E-state index in [0.717, 1.165) is 47.2 Å². The molecule has 1 aliphatic heterocycles. The highest BCUT2D eigenvalue weighted by Crippen LogP contribution is 2.34. The van der Waals surface area contributed by atoms with Crippen LogP contribution in [0.25, 0.3) is 44.5 Å². The molecule has 5 heterocycles. The monoisotopic (exact) mass is 482 g/mol. The molecule has 1 fully saturated rings. The molecule has 1 saturated heterocycles. The average Bonchev–Trinajstić information content (AvgIpc) is 3.54. The summed E-state index contributed by atoms with van der Waals surface area (Å²) < 4.78 is 16.7. The summed E-state index contributed by atoms with van der Waals surface area (Å²) in [5.74, 6) is -0.407. The molecule has 0 N–H and O–H groups in total. The highest BCUT2D eigenvalue weighted by atomic mass is 35.5. The van der Waals surface area contributed by atoms with E-state index in [1.165, 1.54) is 12.1 Å². The van der Waals surface area contributed by atoms with Gasteiger partial charge in [-0.3, -0.25) is 9.67 Å². The van der Waals surface area contributed by atoms with E-state index in [2.05, 4.69) is 56.5 Å². The highest BCUT2D eigenvalue weighted by molar-refractivity contribution is 6.30. The third-order valence-electron chi connectivity index (χ3n) is 6.41. The zero-order valence-electron chi connectivity index (χ0n) is 18.9. The van der Waals surface area contributed by atoms with Crippen LogP contribution in [0.15, 0.2) is 61.2 Å². The molecule has 4 aromatic heterocycles. The second-order valence-corrected chi connectivity index (χ2v) is 9.24. The number of benzene rings is 1. The lowest BCUT2D eigenvalue weighted by Crippen LogP contribution is -2.16. The number of fused-ring (bicyclic) bond motifs is 1. The van der Waals surface area contributed by atoms with Gasteiger partial charge in [-0.15, -0.1) is 0 Å². The van der Waals surface area contributed by atoms with Gasteiger partial charge in [0.2, 0.25) is 0 Å². The maximum atomic E-state index is 14.7. The Hall–Kier alpha value is -3.86. The Morgan fingerprint density at radius 3 is 2.80 bits per heavy atom. The van der Waals surface area contributed by atoms with Gasteiger partial charge in [0.15, 0.2) is 5.65 Å². The fourth-order valence-corrected chi connectivity index (χ4v) is 4.76. The topological polar surface area (TPSA) is 59.7 Å². The Kier molecular flexibility index (Phi) is 5.40. The molecule has 0 radical (unpaired) electrons. The molecular formula is C27H20ClFN6. The number of likely N-dealkylation sites (N-methyl/N-ethyl adjacent to an activating group) is 1. The van der Waals surface area contributed by atoms with E-state index < -0.39 is 5.82 Å². The van der Waals surface area contributed by atoms with Crippen molar-refractivity contribution < 1.29 is 4.39 Å². The number of pyridine rings is 2. The van der Waals surface area contributed by atoms with Gasteiger partial charge < -0.3 is 4.90 Å². The maximum absolute atomic E-state index is 14.7. The molecule has 1 aromatic carbocycles. The van der Waals surface area contributed by atoms with E-state index in [-0.39, 0.29) is 0 Å². The third-order valence-corrected chi connectivity index (χ3v) is 6.65. The highest BCUT2D eigenvalue weighted by Gasteiger charge is 2.22. The summed E-state index contributed by atoms with van der Waals surface area (Å²) in [6.07, 6.45) is 11.3. The lowest BCUT2D eigenvalue weighted by Gasteiger charge is -2.11. The van der Waals surface area contributed by atoms with E-state index in [0.29, 0.717) is 28.0 Å². The van der Waals surface area contributed by atoms with E-state index in [1.54, 1.807) is 18.3 Å². The summed E-state index contributed by atoms with van der Waals surface area (Å²) in [4.78, 5) is 15.6. The zero-order valence-corrected chi connectivity index (χ0v) is 19.7. The molecule has 0 amide bonds. The summed E-state index contributed by atoms with van der Waals surface area (Å²) in [7, 11) is 2.13. The van der Waals surface area contributed by atoms with Crippen LogP contribution in [0, 0.1) is 18.1 Å². The first-order chi connectivity index (χ1) is 17.0. The molecule has 6 rings (SSSR count). The molecule has 0 aliphatic carbocycles. The van der Waals surface area contributed by atoms with Crippen LogP contribution < -0.4 is 0 Å². The van der Waals surface area contributed by atoms with Crippen LogP contribution in [0.2, 0.25) is 5.02 Å². The van der Waals surface area contributed by atoms with E-state index in [1.807, 2.05) is 23.1 Å². The molecule has 1 atom stereocenters. The number of nitrogens with zero attached hydrogens (tertiary/aromatic N) is 6. The number of hydrogen-bond donors (Lipinski definition) is 0. The summed E-state index contributed by atoms with van der Waals surface area (Å²) in [6.45, 7) is 2.07. The van der Waals surface area contributed by atoms with Crippen LogP contribution >= 0.6 is 11.6 Å². The van der Waals surface area contributed by atoms with Gasteiger partial charge in [-0.1, -0.05) is 11.6 Å². The fraction of sp³-hybridized carbons (Fsp3) is 0.185. The first kappa shape index (κ1) is 21.7. The summed E-state index contributed by atoms with van der Waals surface area (Å²) >= 11 is 6.15. The van der Waals surface area contributed by atoms with Crippen LogP contribution in [-0.4, -0.2) is 49.8 Å². The van der Waals surface area contributed by atoms with Crippen molar-refractivity contribution in [3.63, 3.8) is 0 Å². The van der Waals surface area contributed by atoms with Crippen molar-refractivity contribution in [2.45, 2.75) is 12.5 Å². The van der Waals surface area contributed by atoms with Crippen molar-refractivity contribution in [1.82, 2.24) is 29.6 Å². The minimum Gasteiger partial charge on any atom is -0.304 e. The number of rotatable bonds is 4. The standard InChI is InChI=1S/C27H20ClFN6/c1-34-8-6-21(16-34)35-15-19(14-32-35)17-9-18(13-30-12-17)23-11-26(24-10-20(28)4-5-25(24)29)33-27-22(23)3-2-7-31-27/h3-5,9-15,21H,6,8,16H2,1H3. The van der Waals surface area contributed by atoms with Crippen LogP contribution in [0.5, 0.6) is 0 Å². The van der Waals surface area contributed by atoms with Crippen molar-refractivity contribution in [3.8, 4) is 33.5 Å². The quantitative estimate of drug-likeness (QED) is 0.339. The lowest BCUT2D eigenvalue weighted by molar-refractivity contribution is 0.382. The zero-order chi connectivity index (χ0) is 23.9. The van der Waals surface area contributed by atoms with Gasteiger partial charge in [0, 0.05) is 70.1 Å². The molecule has 35 heavy (non-hydrogen) atoms. The third kappa shape index (κ3) is 4.12. The van der Waals surface area contributed by atoms with Gasteiger partial charge in [-0.05, 0) is 62.0 Å². The predicted molar refractivity (Wildman–Crippen MR) is 133 cm³/mol. The molecule has 1 aliphatic rings. The van der Waals surface area contributed by atoms with Gasteiger partial charge in [0.25, 0.3) is 0 Å². The van der Waals surface area contributed by atoms with Crippen LogP contribution in [0.1, 0.15) is 12.5 Å². The van der Waals surface area contributed by atoms with Crippen molar-refractivity contribution >= 4 is 22.6 Å². The maximum Gasteiger partial charge on any atom is 0.171 e. The molecule has 0 spiro atoms. The first-order valence-corrected chi connectivity index (χ1v) is 11.7. The van der Waals surface area contributed by atoms with Crippen molar-refractivity contribution in [2.24, 2.45) is 0 Å². The molecular weight excluding hydrogens is 463 g/mol. The smallest absolute Gasteiger partial charge is 0.171 e. The summed E-state index contributed by atoms with van der Waals surface area (Å²) in [6, 6.07) is 13.4. The molecule has 0 saturated carbocycles. The Morgan fingerprint density at radius 1 is 1.06 bits per heavy atom. The fourth-order valence-electron chi connectivity index (χ4n) is 4.59. The van der Waals surface area contributed by atoms with Crippen LogP contribution in [0.3, 0.4) is 0 Å². The number of aromatic nitrogens is 5. The van der Waals surface area contributed by atoms with E-state index in [4.69, 9.17) is 11.6 Å². The molecule has 8 heteroatoms. The van der Waals surface area contributed by atoms with Gasteiger partial charge in [0.05, 0.1) is 17.9 Å². The molecule has 5 aromatic rings. The van der Waals surface area contributed by atoms with E-state index >= 15 is 0 Å². The van der Waals surface area contributed by atoms with Crippen LogP contribution in [0.4, 0.5) is 4.39 Å². The Bertz CT molecular complexity index is 1550. The van der Waals surface area contributed by atoms with Crippen molar-refractivity contribution in [3.05, 3.63) is 84.3 Å². The molecule has 0 bridgehead atoms. The number of hydrogen-bond acceptors (Lipinski definition) is 5. The van der Waals surface area contributed by atoms with Crippen molar-refractivity contribution in [1.29, 1.82) is 0 Å². The summed E-state index contributed by atoms with van der Waals surface area (Å²) in [5.41, 5.74) is 4.80. The largest absolute Gasteiger partial charge is 0.304 e. The lowest BCUT2D eigenvalue weighted by atomic mass is 9.99. The second kappa shape index (κ2) is 8.73. The predicted octanol–water partition coefficient (Wildman–Crippen LogP) is 5.49. The van der Waals surface area contributed by atoms with Gasteiger partial charge in [-0.25, -0.2) is 9.37 Å². The van der Waals surface area contributed by atoms with Gasteiger partial charge in [0.1, 0.15) is 5.82 Å². The Morgan fingerprint density at radius 2 is 1.94 bits per heavy atom. The summed E-state index contributed by atoms with van der Waals surface area (Å²) in [5, 5.41) is 5.82. The number of halogens is 2. The second-order valence-electron chi connectivity index (χ2n) is 8.80. The Balaban J connectivity index is 1.45. The molecule has 6 nitrogen and oxygen atoms in total. The number of likely N-dealkylation sites (tertiary alicyclic amines) is 1. The van der Waals surface area contributed by atoms with Gasteiger partial charge in [-0.2, -0.15) is 10.1 Å². The average molecular weight is 483 g/mol. The normalized spacial score (nSPS) is 16.0. The SMILES string of the molecule is CN1CCC(n2cc(-c3cncc(-c4cc(-c5cc(Cl)ccc5F)nc5nc#ccc45)c3)cn2)C1.